The molecular weight excluding hydrogens is 242 g/mol. The minimum Gasteiger partial charge on any atom is -0.497 e. The van der Waals surface area contributed by atoms with Crippen LogP contribution in [-0.2, 0) is 4.79 Å². The number of carboxylic acid groups (broad SMARTS) is 1. The van der Waals surface area contributed by atoms with Crippen molar-refractivity contribution in [1.82, 2.24) is 0 Å². The van der Waals surface area contributed by atoms with Crippen LogP contribution in [0.15, 0.2) is 48.5 Å². The van der Waals surface area contributed by atoms with E-state index in [1.807, 2.05) is 0 Å². The molecule has 0 aromatic heterocycles. The highest BCUT2D eigenvalue weighted by molar-refractivity contribution is 5.82. The summed E-state index contributed by atoms with van der Waals surface area (Å²) in [5.74, 6) is -1.11. The second-order valence-electron chi connectivity index (χ2n) is 4.18. The van der Waals surface area contributed by atoms with E-state index in [9.17, 15) is 9.90 Å². The molecule has 0 saturated carbocycles. The normalized spacial score (nSPS) is 11.8. The van der Waals surface area contributed by atoms with Crippen LogP contribution in [0.3, 0.4) is 0 Å². The second-order valence-corrected chi connectivity index (χ2v) is 4.18. The monoisotopic (exact) mass is 257 g/mol. The van der Waals surface area contributed by atoms with E-state index in [-0.39, 0.29) is 0 Å². The first kappa shape index (κ1) is 13.0. The lowest BCUT2D eigenvalue weighted by molar-refractivity contribution is -0.137. The van der Waals surface area contributed by atoms with Crippen molar-refractivity contribution < 1.29 is 14.6 Å². The first-order chi connectivity index (χ1) is 9.13. The first-order valence-electron chi connectivity index (χ1n) is 5.84. The van der Waals surface area contributed by atoms with Crippen molar-refractivity contribution in [3.8, 4) is 5.75 Å². The maximum Gasteiger partial charge on any atom is 0.315 e. The lowest BCUT2D eigenvalue weighted by Crippen LogP contribution is -2.14. The van der Waals surface area contributed by atoms with Crippen LogP contribution in [0.5, 0.6) is 5.75 Å². The molecule has 0 aliphatic rings. The highest BCUT2D eigenvalue weighted by Crippen LogP contribution is 2.30. The van der Waals surface area contributed by atoms with Crippen molar-refractivity contribution in [1.29, 1.82) is 0 Å². The Morgan fingerprint density at radius 2 is 1.95 bits per heavy atom. The number of carbonyl (C=O) groups is 1. The third-order valence-electron chi connectivity index (χ3n) is 2.98. The van der Waals surface area contributed by atoms with E-state index in [4.69, 9.17) is 10.5 Å². The van der Waals surface area contributed by atoms with Crippen LogP contribution in [0, 0.1) is 0 Å². The summed E-state index contributed by atoms with van der Waals surface area (Å²) in [6.07, 6.45) is 0. The molecule has 0 aliphatic carbocycles. The number of para-hydroxylation sites is 1. The predicted octanol–water partition coefficient (Wildman–Crippen LogP) is 2.49. The number of benzene rings is 2. The predicted molar refractivity (Wildman–Crippen MR) is 73.3 cm³/mol. The summed E-state index contributed by atoms with van der Waals surface area (Å²) in [6, 6.07) is 14.0. The van der Waals surface area contributed by atoms with Gasteiger partial charge in [0, 0.05) is 5.69 Å². The Labute approximate surface area is 111 Å². The molecule has 0 spiro atoms. The Morgan fingerprint density at radius 3 is 2.58 bits per heavy atom. The number of nitrogens with two attached hydrogens (primary N) is 1. The van der Waals surface area contributed by atoms with Gasteiger partial charge in [-0.3, -0.25) is 4.79 Å². The van der Waals surface area contributed by atoms with E-state index in [0.29, 0.717) is 22.6 Å². The lowest BCUT2D eigenvalue weighted by Gasteiger charge is -2.16. The Balaban J connectivity index is 2.52. The number of methoxy groups -OCH3 is 1. The van der Waals surface area contributed by atoms with Gasteiger partial charge in [-0.1, -0.05) is 30.3 Å². The van der Waals surface area contributed by atoms with E-state index >= 15 is 0 Å². The third kappa shape index (κ3) is 2.68. The van der Waals surface area contributed by atoms with Crippen molar-refractivity contribution in [3.63, 3.8) is 0 Å². The van der Waals surface area contributed by atoms with E-state index in [1.165, 1.54) is 0 Å². The summed E-state index contributed by atoms with van der Waals surface area (Å²) < 4.78 is 5.13. The molecule has 0 aliphatic heterocycles. The zero-order valence-corrected chi connectivity index (χ0v) is 10.5. The Bertz CT molecular complexity index is 595. The molecule has 0 saturated heterocycles. The zero-order chi connectivity index (χ0) is 13.8. The molecule has 3 N–H and O–H groups in total. The maximum absolute atomic E-state index is 11.6. The Morgan fingerprint density at radius 1 is 1.21 bits per heavy atom. The first-order valence-corrected chi connectivity index (χ1v) is 5.84. The minimum absolute atomic E-state index is 0.470. The molecule has 1 atom stereocenters. The van der Waals surface area contributed by atoms with Gasteiger partial charge < -0.3 is 15.6 Å². The van der Waals surface area contributed by atoms with Gasteiger partial charge in [0.15, 0.2) is 0 Å². The molecule has 0 fully saturated rings. The van der Waals surface area contributed by atoms with Crippen molar-refractivity contribution >= 4 is 11.7 Å². The fourth-order valence-electron chi connectivity index (χ4n) is 2.05. The van der Waals surface area contributed by atoms with Crippen molar-refractivity contribution in [2.45, 2.75) is 5.92 Å². The van der Waals surface area contributed by atoms with Crippen LogP contribution in [-0.4, -0.2) is 18.2 Å². The maximum atomic E-state index is 11.6. The summed E-state index contributed by atoms with van der Waals surface area (Å²) >= 11 is 0. The quantitative estimate of drug-likeness (QED) is 0.825. The molecule has 19 heavy (non-hydrogen) atoms. The van der Waals surface area contributed by atoms with E-state index < -0.39 is 11.9 Å². The number of aliphatic carboxylic acids is 1. The summed E-state index contributed by atoms with van der Waals surface area (Å²) in [6.45, 7) is 0. The largest absolute Gasteiger partial charge is 0.497 e. The number of carboxylic acids is 1. The number of hydrogen-bond acceptors (Lipinski definition) is 3. The van der Waals surface area contributed by atoms with Crippen LogP contribution in [0.25, 0.3) is 0 Å². The van der Waals surface area contributed by atoms with Gasteiger partial charge in [0.1, 0.15) is 11.7 Å². The second kappa shape index (κ2) is 5.44. The van der Waals surface area contributed by atoms with Crippen LogP contribution in [0.2, 0.25) is 0 Å². The smallest absolute Gasteiger partial charge is 0.315 e. The number of ether oxygens (including phenoxy) is 1. The van der Waals surface area contributed by atoms with Crippen LogP contribution in [0.4, 0.5) is 5.69 Å². The standard InChI is InChI=1S/C15H15NO3/c1-19-11-6-4-5-10(9-11)14(15(17)18)12-7-2-3-8-13(12)16/h2-9,14H,16H2,1H3,(H,17,18). The molecule has 2 rings (SSSR count). The van der Waals surface area contributed by atoms with Crippen molar-refractivity contribution in [3.05, 3.63) is 59.7 Å². The van der Waals surface area contributed by atoms with E-state index in [1.54, 1.807) is 55.6 Å². The highest BCUT2D eigenvalue weighted by Gasteiger charge is 2.24. The average molecular weight is 257 g/mol. The number of anilines is 1. The highest BCUT2D eigenvalue weighted by atomic mass is 16.5. The van der Waals surface area contributed by atoms with Crippen molar-refractivity contribution in [2.75, 3.05) is 12.8 Å². The minimum atomic E-state index is -0.939. The molecule has 0 amide bonds. The SMILES string of the molecule is COc1cccc(C(C(=O)O)c2ccccc2N)c1. The topological polar surface area (TPSA) is 72.5 Å². The van der Waals surface area contributed by atoms with E-state index in [2.05, 4.69) is 0 Å². The van der Waals surface area contributed by atoms with Gasteiger partial charge in [-0.2, -0.15) is 0 Å². The molecule has 0 heterocycles. The van der Waals surface area contributed by atoms with Gasteiger partial charge in [0.25, 0.3) is 0 Å². The van der Waals surface area contributed by atoms with Gasteiger partial charge >= 0.3 is 5.97 Å². The molecule has 4 nitrogen and oxygen atoms in total. The fraction of sp³-hybridized carbons (Fsp3) is 0.133. The van der Waals surface area contributed by atoms with Crippen LogP contribution in [0.1, 0.15) is 17.0 Å². The molecule has 4 heteroatoms. The van der Waals surface area contributed by atoms with Crippen LogP contribution >= 0.6 is 0 Å². The molecule has 2 aromatic rings. The molecule has 0 radical (unpaired) electrons. The van der Waals surface area contributed by atoms with Gasteiger partial charge in [-0.25, -0.2) is 0 Å². The molecule has 0 bridgehead atoms. The number of hydrogen-bond donors (Lipinski definition) is 2. The lowest BCUT2D eigenvalue weighted by atomic mass is 9.90. The Hall–Kier alpha value is -2.49. The van der Waals surface area contributed by atoms with E-state index in [0.717, 1.165) is 0 Å². The summed E-state index contributed by atoms with van der Waals surface area (Å²) in [5, 5.41) is 9.47. The number of rotatable bonds is 4. The summed E-state index contributed by atoms with van der Waals surface area (Å²) in [5.41, 5.74) is 7.57. The zero-order valence-electron chi connectivity index (χ0n) is 10.5. The molecular formula is C15H15NO3. The fourth-order valence-corrected chi connectivity index (χ4v) is 2.05. The molecule has 2 aromatic carbocycles. The number of nitrogen functional groups attached to an aromatic ring is 1. The molecule has 98 valence electrons. The Kier molecular flexibility index (Phi) is 3.71. The van der Waals surface area contributed by atoms with Gasteiger partial charge in [-0.05, 0) is 29.3 Å². The van der Waals surface area contributed by atoms with Crippen LogP contribution < -0.4 is 10.5 Å². The van der Waals surface area contributed by atoms with Gasteiger partial charge in [0.2, 0.25) is 0 Å². The van der Waals surface area contributed by atoms with Gasteiger partial charge in [-0.15, -0.1) is 0 Å². The molecule has 1 unspecified atom stereocenters. The third-order valence-corrected chi connectivity index (χ3v) is 2.98. The van der Waals surface area contributed by atoms with Crippen molar-refractivity contribution in [2.24, 2.45) is 0 Å². The summed E-state index contributed by atoms with van der Waals surface area (Å²) in [4.78, 5) is 11.6. The average Bonchev–Trinajstić information content (AvgIpc) is 2.41. The summed E-state index contributed by atoms with van der Waals surface area (Å²) in [7, 11) is 1.55. The van der Waals surface area contributed by atoms with Gasteiger partial charge in [0.05, 0.1) is 7.11 Å².